The molecule has 0 aliphatic carbocycles. The molecule has 1 fully saturated rings. The van der Waals surface area contributed by atoms with Crippen LogP contribution in [-0.2, 0) is 4.79 Å². The first-order valence-corrected chi connectivity index (χ1v) is 9.72. The molecule has 1 atom stereocenters. The molecule has 1 N–H and O–H groups in total. The zero-order chi connectivity index (χ0) is 17.6. The Morgan fingerprint density at radius 1 is 1.24 bits per heavy atom. The van der Waals surface area contributed by atoms with Crippen molar-refractivity contribution in [3.05, 3.63) is 58.3 Å². The Labute approximate surface area is 153 Å². The third kappa shape index (κ3) is 4.69. The number of rotatable bonds is 6. The Bertz CT molecular complexity index is 710. The normalized spacial score (nSPS) is 16.5. The van der Waals surface area contributed by atoms with Crippen LogP contribution in [0.25, 0.3) is 0 Å². The Kier molecular flexibility index (Phi) is 5.87. The first-order chi connectivity index (χ1) is 12.1. The fourth-order valence-corrected chi connectivity index (χ4v) is 3.70. The average Bonchev–Trinajstić information content (AvgIpc) is 3.26. The molecule has 1 aromatic carbocycles. The third-order valence-electron chi connectivity index (χ3n) is 4.21. The molecule has 1 saturated heterocycles. The van der Waals surface area contributed by atoms with E-state index in [-0.39, 0.29) is 11.9 Å². The predicted molar refractivity (Wildman–Crippen MR) is 104 cm³/mol. The van der Waals surface area contributed by atoms with Gasteiger partial charge in [0.25, 0.3) is 0 Å². The van der Waals surface area contributed by atoms with Crippen molar-refractivity contribution in [1.29, 1.82) is 0 Å². The Hall–Kier alpha value is -2.14. The molecule has 0 radical (unpaired) electrons. The minimum atomic E-state index is -0.0633. The van der Waals surface area contributed by atoms with Crippen LogP contribution in [0.5, 0.6) is 0 Å². The van der Waals surface area contributed by atoms with Crippen molar-refractivity contribution in [1.82, 2.24) is 10.2 Å². The van der Waals surface area contributed by atoms with Gasteiger partial charge in [-0.1, -0.05) is 36.4 Å². The summed E-state index contributed by atoms with van der Waals surface area (Å²) < 4.78 is 0. The van der Waals surface area contributed by atoms with Crippen molar-refractivity contribution < 1.29 is 4.79 Å². The summed E-state index contributed by atoms with van der Waals surface area (Å²) in [5.74, 6) is 1.15. The number of hydrogen-bond donors (Lipinski definition) is 1. The molecule has 5 heteroatoms. The summed E-state index contributed by atoms with van der Waals surface area (Å²) in [6.45, 7) is 5.70. The van der Waals surface area contributed by atoms with Gasteiger partial charge in [-0.15, -0.1) is 11.3 Å². The Morgan fingerprint density at radius 2 is 2.04 bits per heavy atom. The summed E-state index contributed by atoms with van der Waals surface area (Å²) in [6, 6.07) is 14.6. The maximum absolute atomic E-state index is 12.1. The van der Waals surface area contributed by atoms with Crippen LogP contribution in [0.1, 0.15) is 43.2 Å². The van der Waals surface area contributed by atoms with Crippen molar-refractivity contribution in [2.45, 2.75) is 38.8 Å². The smallest absolute Gasteiger partial charge is 0.222 e. The van der Waals surface area contributed by atoms with E-state index in [2.05, 4.69) is 42.7 Å². The highest BCUT2D eigenvalue weighted by atomic mass is 32.1. The zero-order valence-electron chi connectivity index (χ0n) is 14.8. The summed E-state index contributed by atoms with van der Waals surface area (Å²) in [5, 5.41) is 5.54. The number of carbonyl (C=O) groups excluding carboxylic acids is 1. The molecular weight excluding hydrogens is 330 g/mol. The molecule has 1 aliphatic heterocycles. The first-order valence-electron chi connectivity index (χ1n) is 8.84. The van der Waals surface area contributed by atoms with Crippen LogP contribution in [0, 0.1) is 0 Å². The van der Waals surface area contributed by atoms with Gasteiger partial charge < -0.3 is 10.2 Å². The highest BCUT2D eigenvalue weighted by Crippen LogP contribution is 2.23. The van der Waals surface area contributed by atoms with Gasteiger partial charge in [-0.3, -0.25) is 9.79 Å². The van der Waals surface area contributed by atoms with E-state index in [4.69, 9.17) is 4.99 Å². The van der Waals surface area contributed by atoms with Crippen molar-refractivity contribution in [2.75, 3.05) is 13.1 Å². The fraction of sp³-hybridized carbons (Fsp3) is 0.400. The number of hydrogen-bond acceptors (Lipinski definition) is 3. The molecular formula is C20H25N3OS. The predicted octanol–water partition coefficient (Wildman–Crippen LogP) is 3.86. The summed E-state index contributed by atoms with van der Waals surface area (Å²) in [5.41, 5.74) is 1.14. The summed E-state index contributed by atoms with van der Waals surface area (Å²) in [6.07, 6.45) is 1.61. The second-order valence-electron chi connectivity index (χ2n) is 6.62. The summed E-state index contributed by atoms with van der Waals surface area (Å²) in [4.78, 5) is 20.2. The van der Waals surface area contributed by atoms with Gasteiger partial charge >= 0.3 is 0 Å². The number of nitrogens with zero attached hydrogens (tertiary/aromatic N) is 2. The monoisotopic (exact) mass is 355 g/mol. The molecule has 3 rings (SSSR count). The van der Waals surface area contributed by atoms with Gasteiger partial charge in [-0.25, -0.2) is 0 Å². The molecule has 2 aromatic rings. The van der Waals surface area contributed by atoms with Gasteiger partial charge in [0.15, 0.2) is 0 Å². The van der Waals surface area contributed by atoms with Crippen LogP contribution in [0.3, 0.4) is 0 Å². The number of thiophene rings is 1. The number of nitrogens with one attached hydrogen (secondary N) is 1. The highest BCUT2D eigenvalue weighted by molar-refractivity contribution is 7.12. The number of aliphatic imine (C=N–C) groups is 1. The van der Waals surface area contributed by atoms with E-state index in [1.807, 2.05) is 29.2 Å². The van der Waals surface area contributed by atoms with Crippen LogP contribution in [0.2, 0.25) is 0 Å². The highest BCUT2D eigenvalue weighted by Gasteiger charge is 2.24. The van der Waals surface area contributed by atoms with Gasteiger partial charge in [0.05, 0.1) is 10.9 Å². The average molecular weight is 356 g/mol. The van der Waals surface area contributed by atoms with E-state index in [9.17, 15) is 4.79 Å². The molecule has 0 bridgehead atoms. The second-order valence-corrected chi connectivity index (χ2v) is 7.57. The van der Waals surface area contributed by atoms with Crippen LogP contribution in [-0.4, -0.2) is 35.8 Å². The molecule has 0 unspecified atom stereocenters. The van der Waals surface area contributed by atoms with E-state index in [1.54, 1.807) is 11.3 Å². The number of benzene rings is 1. The van der Waals surface area contributed by atoms with Gasteiger partial charge in [-0.05, 0) is 37.3 Å². The van der Waals surface area contributed by atoms with Gasteiger partial charge in [-0.2, -0.15) is 0 Å². The zero-order valence-corrected chi connectivity index (χ0v) is 15.6. The lowest BCUT2D eigenvalue weighted by molar-refractivity contribution is -0.127. The third-order valence-corrected chi connectivity index (χ3v) is 5.09. The van der Waals surface area contributed by atoms with E-state index in [0.717, 1.165) is 29.2 Å². The fourth-order valence-electron chi connectivity index (χ4n) is 3.02. The van der Waals surface area contributed by atoms with Gasteiger partial charge in [0.1, 0.15) is 5.84 Å². The molecule has 1 aromatic heterocycles. The van der Waals surface area contributed by atoms with E-state index in [1.165, 1.54) is 0 Å². The Balaban J connectivity index is 1.92. The molecule has 0 saturated carbocycles. The largest absolute Gasteiger partial charge is 0.367 e. The number of amides is 1. The van der Waals surface area contributed by atoms with Gasteiger partial charge in [0, 0.05) is 25.6 Å². The van der Waals surface area contributed by atoms with Crippen molar-refractivity contribution >= 4 is 23.1 Å². The minimum Gasteiger partial charge on any atom is -0.367 e. The van der Waals surface area contributed by atoms with Gasteiger partial charge in [0.2, 0.25) is 5.91 Å². The second kappa shape index (κ2) is 8.30. The molecule has 2 heterocycles. The maximum atomic E-state index is 12.1. The van der Waals surface area contributed by atoms with E-state index < -0.39 is 0 Å². The standard InChI is InChI=1S/C20H25N3OS/c1-15(2)21-20(18-10-7-13-25-18)22-17(16-8-4-3-5-9-16)14-23-12-6-11-19(23)24/h3-5,7-10,13,15,17H,6,11-12,14H2,1-2H3,(H,21,22)/t17-/m0/s1. The van der Waals surface area contributed by atoms with Crippen molar-refractivity contribution in [3.8, 4) is 0 Å². The first kappa shape index (κ1) is 17.7. The summed E-state index contributed by atoms with van der Waals surface area (Å²) >= 11 is 1.68. The van der Waals surface area contributed by atoms with Crippen molar-refractivity contribution in [2.24, 2.45) is 4.99 Å². The lowest BCUT2D eigenvalue weighted by Gasteiger charge is -2.23. The number of likely N-dealkylation sites (tertiary alicyclic amines) is 1. The maximum Gasteiger partial charge on any atom is 0.222 e. The molecule has 25 heavy (non-hydrogen) atoms. The lowest BCUT2D eigenvalue weighted by Crippen LogP contribution is -2.33. The van der Waals surface area contributed by atoms with Crippen LogP contribution >= 0.6 is 11.3 Å². The van der Waals surface area contributed by atoms with Crippen LogP contribution in [0.4, 0.5) is 0 Å². The SMILES string of the molecule is CC(C)NC(=N[C@@H](CN1CCCC1=O)c1ccccc1)c1cccs1. The van der Waals surface area contributed by atoms with E-state index in [0.29, 0.717) is 19.0 Å². The molecule has 1 amide bonds. The Morgan fingerprint density at radius 3 is 2.64 bits per heavy atom. The number of amidine groups is 1. The number of carbonyl (C=O) groups is 1. The molecule has 0 spiro atoms. The molecule has 132 valence electrons. The lowest BCUT2D eigenvalue weighted by atomic mass is 10.1. The molecule has 1 aliphatic rings. The quantitative estimate of drug-likeness (QED) is 0.632. The van der Waals surface area contributed by atoms with E-state index >= 15 is 0 Å². The minimum absolute atomic E-state index is 0.0633. The summed E-state index contributed by atoms with van der Waals surface area (Å²) in [7, 11) is 0. The topological polar surface area (TPSA) is 44.7 Å². The van der Waals surface area contributed by atoms with Crippen LogP contribution < -0.4 is 5.32 Å². The van der Waals surface area contributed by atoms with Crippen LogP contribution in [0.15, 0.2) is 52.8 Å². The molecule has 4 nitrogen and oxygen atoms in total. The van der Waals surface area contributed by atoms with Crippen molar-refractivity contribution in [3.63, 3.8) is 0 Å².